The number of halogens is 2. The third kappa shape index (κ3) is 2.62. The lowest BCUT2D eigenvalue weighted by molar-refractivity contribution is 0.570. The second-order valence-corrected chi connectivity index (χ2v) is 6.30. The first-order valence-electron chi connectivity index (χ1n) is 8.02. The van der Waals surface area contributed by atoms with Gasteiger partial charge in [-0.15, -0.1) is 0 Å². The number of fused-ring (bicyclic) bond motifs is 1. The van der Waals surface area contributed by atoms with Crippen LogP contribution in [0, 0.1) is 28.9 Å². The summed E-state index contributed by atoms with van der Waals surface area (Å²) in [5.41, 5.74) is 5.83. The minimum atomic E-state index is -0.726. The number of pyridine rings is 1. The molecule has 26 heavy (non-hydrogen) atoms. The predicted octanol–water partition coefficient (Wildman–Crippen LogP) is 2.34. The molecule has 0 aliphatic heterocycles. The van der Waals surface area contributed by atoms with Crippen molar-refractivity contribution in [3.63, 3.8) is 0 Å². The normalized spacial score (nSPS) is 15.0. The van der Waals surface area contributed by atoms with E-state index in [1.807, 2.05) is 6.07 Å². The van der Waals surface area contributed by atoms with E-state index in [0.717, 1.165) is 41.8 Å². The lowest BCUT2D eigenvalue weighted by Crippen LogP contribution is -2.30. The van der Waals surface area contributed by atoms with E-state index in [0.29, 0.717) is 0 Å². The van der Waals surface area contributed by atoms with Gasteiger partial charge in [0.2, 0.25) is 0 Å². The number of hydrogen-bond acceptors (Lipinski definition) is 5. The highest BCUT2D eigenvalue weighted by Crippen LogP contribution is 2.39. The maximum Gasteiger partial charge on any atom is 0.266 e. The van der Waals surface area contributed by atoms with E-state index < -0.39 is 23.2 Å². The van der Waals surface area contributed by atoms with Gasteiger partial charge in [-0.1, -0.05) is 0 Å². The van der Waals surface area contributed by atoms with Gasteiger partial charge in [0.05, 0.1) is 40.6 Å². The Bertz CT molecular complexity index is 1130. The number of nitrogens with two attached hydrogens (primary N) is 1. The summed E-state index contributed by atoms with van der Waals surface area (Å²) >= 11 is 0. The molecule has 1 aromatic carbocycles. The van der Waals surface area contributed by atoms with E-state index in [1.165, 1.54) is 6.20 Å². The molecule has 0 amide bonds. The summed E-state index contributed by atoms with van der Waals surface area (Å²) in [7, 11) is 0. The average molecular weight is 353 g/mol. The van der Waals surface area contributed by atoms with Crippen LogP contribution >= 0.6 is 0 Å². The molecule has 1 atom stereocenters. The van der Waals surface area contributed by atoms with Crippen molar-refractivity contribution in [1.29, 1.82) is 5.26 Å². The van der Waals surface area contributed by atoms with Gasteiger partial charge in [0.15, 0.2) is 0 Å². The topological polar surface area (TPSA) is 97.6 Å². The van der Waals surface area contributed by atoms with Crippen molar-refractivity contribution < 1.29 is 8.78 Å². The molecule has 0 radical (unpaired) electrons. The van der Waals surface area contributed by atoms with Crippen molar-refractivity contribution in [2.24, 2.45) is 11.7 Å². The zero-order valence-electron chi connectivity index (χ0n) is 13.5. The van der Waals surface area contributed by atoms with Gasteiger partial charge < -0.3 is 5.73 Å². The highest BCUT2D eigenvalue weighted by molar-refractivity contribution is 5.83. The number of rotatable bonds is 3. The van der Waals surface area contributed by atoms with Crippen molar-refractivity contribution in [1.82, 2.24) is 14.5 Å². The Morgan fingerprint density at radius 3 is 2.65 bits per heavy atom. The van der Waals surface area contributed by atoms with Crippen molar-refractivity contribution in [2.75, 3.05) is 0 Å². The summed E-state index contributed by atoms with van der Waals surface area (Å²) in [6.45, 7) is 0. The van der Waals surface area contributed by atoms with Gasteiger partial charge in [-0.05, 0) is 30.9 Å². The fourth-order valence-electron chi connectivity index (χ4n) is 3.02. The molecule has 0 saturated heterocycles. The average Bonchev–Trinajstić information content (AvgIpc) is 3.46. The number of benzene rings is 1. The summed E-state index contributed by atoms with van der Waals surface area (Å²) in [4.78, 5) is 21.2. The molecular formula is C18H13F2N5O. The van der Waals surface area contributed by atoms with E-state index in [-0.39, 0.29) is 33.9 Å². The van der Waals surface area contributed by atoms with Crippen molar-refractivity contribution in [3.05, 3.63) is 64.0 Å². The molecule has 130 valence electrons. The van der Waals surface area contributed by atoms with Crippen LogP contribution in [0.3, 0.4) is 0 Å². The van der Waals surface area contributed by atoms with Crippen LogP contribution in [0.1, 0.15) is 30.3 Å². The fourth-order valence-corrected chi connectivity index (χ4v) is 3.02. The summed E-state index contributed by atoms with van der Waals surface area (Å²) in [5, 5.41) is 9.20. The molecule has 0 unspecified atom stereocenters. The molecule has 8 heteroatoms. The van der Waals surface area contributed by atoms with Gasteiger partial charge in [0, 0.05) is 6.07 Å². The van der Waals surface area contributed by atoms with Crippen LogP contribution < -0.4 is 11.3 Å². The van der Waals surface area contributed by atoms with Crippen LogP contribution in [0.15, 0.2) is 35.4 Å². The predicted molar refractivity (Wildman–Crippen MR) is 89.4 cm³/mol. The Hall–Kier alpha value is -3.18. The van der Waals surface area contributed by atoms with E-state index in [4.69, 9.17) is 5.73 Å². The monoisotopic (exact) mass is 353 g/mol. The number of hydrogen-bond donors (Lipinski definition) is 1. The molecule has 2 heterocycles. The number of nitriles is 1. The van der Waals surface area contributed by atoms with Crippen LogP contribution in [0.4, 0.5) is 8.78 Å². The molecule has 1 aliphatic rings. The van der Waals surface area contributed by atoms with Crippen molar-refractivity contribution in [2.45, 2.75) is 18.9 Å². The summed E-state index contributed by atoms with van der Waals surface area (Å²) in [6.07, 6.45) is 4.11. The summed E-state index contributed by atoms with van der Waals surface area (Å²) in [6, 6.07) is 4.46. The quantitative estimate of drug-likeness (QED) is 0.779. The van der Waals surface area contributed by atoms with E-state index in [1.54, 1.807) is 0 Å². The zero-order valence-corrected chi connectivity index (χ0v) is 13.5. The molecular weight excluding hydrogens is 340 g/mol. The standard InChI is InChI=1S/C18H13F2N5O/c19-11-3-10(6-21)16-14(5-11)18(26)25(13-4-12(20)7-23-8-13)17(24-16)15(22)9-1-2-9/h3-5,7-9,15H,1-2,22H2/t15-/m0/s1. The molecule has 4 rings (SSSR count). The van der Waals surface area contributed by atoms with E-state index >= 15 is 0 Å². The van der Waals surface area contributed by atoms with Gasteiger partial charge in [-0.25, -0.2) is 13.8 Å². The Balaban J connectivity index is 2.11. The molecule has 2 N–H and O–H groups in total. The Morgan fingerprint density at radius 2 is 2.00 bits per heavy atom. The van der Waals surface area contributed by atoms with Gasteiger partial charge in [0.1, 0.15) is 23.5 Å². The van der Waals surface area contributed by atoms with Gasteiger partial charge in [-0.2, -0.15) is 5.26 Å². The van der Waals surface area contributed by atoms with Crippen LogP contribution in [-0.2, 0) is 0 Å². The zero-order chi connectivity index (χ0) is 18.4. The van der Waals surface area contributed by atoms with Crippen LogP contribution in [0.5, 0.6) is 0 Å². The first kappa shape index (κ1) is 16.3. The molecule has 2 aromatic heterocycles. The molecule has 3 aromatic rings. The summed E-state index contributed by atoms with van der Waals surface area (Å²) in [5.74, 6) is -0.993. The highest BCUT2D eigenvalue weighted by atomic mass is 19.1. The third-order valence-electron chi connectivity index (χ3n) is 4.46. The molecule has 1 aliphatic carbocycles. The van der Waals surface area contributed by atoms with Gasteiger partial charge >= 0.3 is 0 Å². The largest absolute Gasteiger partial charge is 0.321 e. The van der Waals surface area contributed by atoms with Gasteiger partial charge in [0.25, 0.3) is 5.56 Å². The van der Waals surface area contributed by atoms with Crippen molar-refractivity contribution >= 4 is 10.9 Å². The van der Waals surface area contributed by atoms with E-state index in [9.17, 15) is 18.8 Å². The minimum Gasteiger partial charge on any atom is -0.321 e. The fraction of sp³-hybridized carbons (Fsp3) is 0.222. The third-order valence-corrected chi connectivity index (χ3v) is 4.46. The molecule has 0 bridgehead atoms. The summed E-state index contributed by atoms with van der Waals surface area (Å²) < 4.78 is 28.6. The lowest BCUT2D eigenvalue weighted by Gasteiger charge is -2.18. The lowest BCUT2D eigenvalue weighted by atomic mass is 10.1. The molecule has 6 nitrogen and oxygen atoms in total. The molecule has 1 fully saturated rings. The van der Waals surface area contributed by atoms with Crippen LogP contribution in [0.2, 0.25) is 0 Å². The van der Waals surface area contributed by atoms with E-state index in [2.05, 4.69) is 9.97 Å². The molecule has 0 spiro atoms. The second kappa shape index (κ2) is 5.97. The first-order chi connectivity index (χ1) is 12.5. The maximum absolute atomic E-state index is 13.8. The smallest absolute Gasteiger partial charge is 0.266 e. The molecule has 1 saturated carbocycles. The van der Waals surface area contributed by atoms with Gasteiger partial charge in [-0.3, -0.25) is 14.3 Å². The first-order valence-corrected chi connectivity index (χ1v) is 8.02. The second-order valence-electron chi connectivity index (χ2n) is 6.30. The Kier molecular flexibility index (Phi) is 3.74. The van der Waals surface area contributed by atoms with Crippen LogP contribution in [0.25, 0.3) is 16.6 Å². The maximum atomic E-state index is 13.8. The Labute approximate surface area is 146 Å². The Morgan fingerprint density at radius 1 is 1.23 bits per heavy atom. The number of aromatic nitrogens is 3. The minimum absolute atomic E-state index is 0.0501. The number of nitrogens with zero attached hydrogens (tertiary/aromatic N) is 4. The van der Waals surface area contributed by atoms with Crippen molar-refractivity contribution in [3.8, 4) is 11.8 Å². The highest BCUT2D eigenvalue weighted by Gasteiger charge is 2.33. The SMILES string of the molecule is N#Cc1cc(F)cc2c(=O)n(-c3cncc(F)c3)c([C@@H](N)C3CC3)nc12. The van der Waals surface area contributed by atoms with Crippen LogP contribution in [-0.4, -0.2) is 14.5 Å².